The van der Waals surface area contributed by atoms with E-state index in [0.717, 1.165) is 35.8 Å². The van der Waals surface area contributed by atoms with Crippen molar-refractivity contribution in [2.75, 3.05) is 24.6 Å². The van der Waals surface area contributed by atoms with E-state index in [1.54, 1.807) is 11.1 Å². The van der Waals surface area contributed by atoms with Gasteiger partial charge in [0, 0.05) is 5.66 Å². The quantitative estimate of drug-likeness (QED) is 0.294. The molecule has 0 saturated heterocycles. The van der Waals surface area contributed by atoms with Crippen LogP contribution in [-0.4, -0.2) is 30.3 Å². The lowest BCUT2D eigenvalue weighted by Gasteiger charge is -2.35. The van der Waals surface area contributed by atoms with Crippen LogP contribution in [0, 0.1) is 23.7 Å². The lowest BCUT2D eigenvalue weighted by Crippen LogP contribution is -2.16. The fraction of sp³-hybridized carbons (Fsp3) is 0.692. The predicted molar refractivity (Wildman–Crippen MR) is 134 cm³/mol. The van der Waals surface area contributed by atoms with Crippen LogP contribution in [0.2, 0.25) is 0 Å². The normalized spacial score (nSPS) is 19.8. The molecule has 1 unspecified atom stereocenters. The first kappa shape index (κ1) is 24.1. The summed E-state index contributed by atoms with van der Waals surface area (Å²) in [5.41, 5.74) is 3.96. The van der Waals surface area contributed by atoms with Gasteiger partial charge < -0.3 is 0 Å². The minimum Gasteiger partial charge on any atom is -0.0944 e. The Labute approximate surface area is 178 Å². The maximum atomic E-state index is 2.64. The molecule has 0 bridgehead atoms. The van der Waals surface area contributed by atoms with E-state index < -0.39 is 0 Å². The van der Waals surface area contributed by atoms with Gasteiger partial charge in [-0.1, -0.05) is 102 Å². The van der Waals surface area contributed by atoms with Gasteiger partial charge in [0.25, 0.3) is 0 Å². The number of rotatable bonds is 11. The number of hydrogen-bond donors (Lipinski definition) is 0. The lowest BCUT2D eigenvalue weighted by atomic mass is 10.1. The van der Waals surface area contributed by atoms with E-state index in [0.29, 0.717) is 0 Å². The Bertz CT molecular complexity index is 596. The fourth-order valence-electron chi connectivity index (χ4n) is 4.49. The topological polar surface area (TPSA) is 0 Å². The van der Waals surface area contributed by atoms with Gasteiger partial charge in [-0.3, -0.25) is 0 Å². The first-order valence-corrected chi connectivity index (χ1v) is 15.0. The molecule has 0 saturated carbocycles. The highest BCUT2D eigenvalue weighted by atomic mass is 31.1. The Kier molecular flexibility index (Phi) is 9.70. The van der Waals surface area contributed by atoms with E-state index in [2.05, 4.69) is 85.8 Å². The van der Waals surface area contributed by atoms with Gasteiger partial charge in [-0.15, -0.1) is 0 Å². The van der Waals surface area contributed by atoms with Crippen molar-refractivity contribution in [1.29, 1.82) is 0 Å². The van der Waals surface area contributed by atoms with E-state index in [9.17, 15) is 0 Å². The zero-order chi connectivity index (χ0) is 20.8. The maximum absolute atomic E-state index is 2.64. The predicted octanol–water partition coefficient (Wildman–Crippen LogP) is 8.65. The van der Waals surface area contributed by atoms with E-state index in [1.165, 1.54) is 24.6 Å². The summed E-state index contributed by atoms with van der Waals surface area (Å²) in [6.45, 7) is 19.4. The third-order valence-corrected chi connectivity index (χ3v) is 12.6. The zero-order valence-corrected chi connectivity index (χ0v) is 21.5. The first-order valence-electron chi connectivity index (χ1n) is 11.5. The van der Waals surface area contributed by atoms with Crippen molar-refractivity contribution in [1.82, 2.24) is 0 Å². The molecule has 0 aliphatic heterocycles. The van der Waals surface area contributed by atoms with Gasteiger partial charge in [-0.05, 0) is 71.2 Å². The number of allylic oxidation sites excluding steroid dienone is 8. The smallest absolute Gasteiger partial charge is 0.0234 e. The van der Waals surface area contributed by atoms with Crippen LogP contribution in [0.1, 0.15) is 61.8 Å². The van der Waals surface area contributed by atoms with Crippen LogP contribution >= 0.6 is 15.8 Å². The van der Waals surface area contributed by atoms with Gasteiger partial charge >= 0.3 is 0 Å². The van der Waals surface area contributed by atoms with Crippen molar-refractivity contribution in [2.24, 2.45) is 23.7 Å². The van der Waals surface area contributed by atoms with Crippen molar-refractivity contribution in [3.05, 3.63) is 46.8 Å². The summed E-state index contributed by atoms with van der Waals surface area (Å²) in [7, 11) is -0.0327. The second-order valence-corrected chi connectivity index (χ2v) is 15.1. The fourth-order valence-corrected chi connectivity index (χ4v) is 12.1. The Hall–Kier alpha value is -0.180. The molecule has 28 heavy (non-hydrogen) atoms. The van der Waals surface area contributed by atoms with Crippen LogP contribution in [0.3, 0.4) is 0 Å². The third kappa shape index (κ3) is 6.96. The standard InChI is InChI=1S/C26H44P2/c1-19(2)15-27(16-20(3)4)25-14-13-24(23-11-9-10-12-23)26(25)28(17-21(5)6)18-22(7)8/h9-11,13-14,19-22,25H,12,15-18H2,1-8H3. The van der Waals surface area contributed by atoms with Crippen LogP contribution in [0.4, 0.5) is 0 Å². The molecule has 2 heteroatoms. The molecule has 0 radical (unpaired) electrons. The van der Waals surface area contributed by atoms with E-state index in [-0.39, 0.29) is 15.8 Å². The maximum Gasteiger partial charge on any atom is 0.0234 e. The third-order valence-electron chi connectivity index (χ3n) is 5.22. The Balaban J connectivity index is 2.46. The average molecular weight is 419 g/mol. The van der Waals surface area contributed by atoms with E-state index >= 15 is 0 Å². The molecule has 158 valence electrons. The Morgan fingerprint density at radius 1 is 0.821 bits per heavy atom. The Morgan fingerprint density at radius 2 is 1.36 bits per heavy atom. The van der Waals surface area contributed by atoms with Crippen molar-refractivity contribution < 1.29 is 0 Å². The summed E-state index contributed by atoms with van der Waals surface area (Å²) >= 11 is 0. The van der Waals surface area contributed by atoms with Gasteiger partial charge in [0.2, 0.25) is 0 Å². The zero-order valence-electron chi connectivity index (χ0n) is 19.7. The van der Waals surface area contributed by atoms with Crippen LogP contribution in [0.25, 0.3) is 0 Å². The Morgan fingerprint density at radius 3 is 1.79 bits per heavy atom. The number of hydrogen-bond acceptors (Lipinski definition) is 0. The highest BCUT2D eigenvalue weighted by Gasteiger charge is 2.34. The molecule has 1 atom stereocenters. The SMILES string of the molecule is CC(C)CP(CC(C)C)C1=C(C2=CC=CC2)C=CC1P(CC(C)C)CC(C)C. The molecule has 0 heterocycles. The molecule has 2 aliphatic rings. The van der Waals surface area contributed by atoms with Crippen molar-refractivity contribution >= 4 is 15.8 Å². The van der Waals surface area contributed by atoms with Crippen molar-refractivity contribution in [2.45, 2.75) is 67.5 Å². The van der Waals surface area contributed by atoms with Gasteiger partial charge in [-0.25, -0.2) is 0 Å². The highest BCUT2D eigenvalue weighted by molar-refractivity contribution is 7.66. The molecular formula is C26H44P2. The summed E-state index contributed by atoms with van der Waals surface area (Å²) in [6, 6.07) is 0. The van der Waals surface area contributed by atoms with Crippen LogP contribution in [-0.2, 0) is 0 Å². The molecule has 2 aliphatic carbocycles. The molecule has 0 aromatic rings. The molecule has 2 rings (SSSR count). The molecule has 0 spiro atoms. The molecule has 0 amide bonds. The average Bonchev–Trinajstić information content (AvgIpc) is 3.21. The minimum absolute atomic E-state index is 0.0205. The summed E-state index contributed by atoms with van der Waals surface area (Å²) in [5, 5.41) is 1.89. The molecule has 0 nitrogen and oxygen atoms in total. The summed E-state index contributed by atoms with van der Waals surface area (Å²) < 4.78 is 0. The van der Waals surface area contributed by atoms with Gasteiger partial charge in [0.05, 0.1) is 0 Å². The molecule has 0 aromatic carbocycles. The molecule has 0 fully saturated rings. The second kappa shape index (κ2) is 11.3. The van der Waals surface area contributed by atoms with Gasteiger partial charge in [-0.2, -0.15) is 0 Å². The summed E-state index contributed by atoms with van der Waals surface area (Å²) in [4.78, 5) is 0. The van der Waals surface area contributed by atoms with Gasteiger partial charge in [0.1, 0.15) is 0 Å². The second-order valence-electron chi connectivity index (χ2n) is 10.4. The lowest BCUT2D eigenvalue weighted by molar-refractivity contribution is 0.714. The largest absolute Gasteiger partial charge is 0.0944 e. The summed E-state index contributed by atoms with van der Waals surface area (Å²) in [6.07, 6.45) is 18.9. The first-order chi connectivity index (χ1) is 13.2. The molecular weight excluding hydrogens is 374 g/mol. The van der Waals surface area contributed by atoms with Gasteiger partial charge in [0.15, 0.2) is 0 Å². The highest BCUT2D eigenvalue weighted by Crippen LogP contribution is 2.62. The molecule has 0 N–H and O–H groups in total. The summed E-state index contributed by atoms with van der Waals surface area (Å²) in [5.74, 6) is 3.18. The van der Waals surface area contributed by atoms with Crippen molar-refractivity contribution in [3.8, 4) is 0 Å². The van der Waals surface area contributed by atoms with E-state index in [4.69, 9.17) is 0 Å². The van der Waals surface area contributed by atoms with Crippen molar-refractivity contribution in [3.63, 3.8) is 0 Å². The molecule has 0 aromatic heterocycles. The van der Waals surface area contributed by atoms with Crippen LogP contribution < -0.4 is 0 Å². The monoisotopic (exact) mass is 418 g/mol. The van der Waals surface area contributed by atoms with E-state index in [1.807, 2.05) is 5.31 Å². The minimum atomic E-state index is -0.0531. The van der Waals surface area contributed by atoms with Crippen LogP contribution in [0.15, 0.2) is 46.8 Å². The van der Waals surface area contributed by atoms with Crippen LogP contribution in [0.5, 0.6) is 0 Å².